The summed E-state index contributed by atoms with van der Waals surface area (Å²) < 4.78 is 43.3. The van der Waals surface area contributed by atoms with Gasteiger partial charge in [0.05, 0.1) is 33.6 Å². The Morgan fingerprint density at radius 3 is 2.23 bits per heavy atom. The lowest BCUT2D eigenvalue weighted by atomic mass is 9.99. The standard InChI is InChI=1S/C29H27F3N4O2S/c1-4-24-22(26-17(2)15-33-35(26)3)14-25(39-24)34-19(13-18-9-5-8-12-23(18)29(30,31)32)16-36-27(37)20-10-6-7-11-21(20)28(36)38/h5-12,14-15,19,34H,4,13,16H2,1-3H3/t19-/m0/s1. The summed E-state index contributed by atoms with van der Waals surface area (Å²) in [5.74, 6) is -0.892. The van der Waals surface area contributed by atoms with Crippen LogP contribution in [0.3, 0.4) is 0 Å². The van der Waals surface area contributed by atoms with Crippen LogP contribution in [0, 0.1) is 6.92 Å². The molecule has 3 heterocycles. The predicted octanol–water partition coefficient (Wildman–Crippen LogP) is 6.36. The zero-order valence-corrected chi connectivity index (χ0v) is 22.5. The average molecular weight is 553 g/mol. The van der Waals surface area contributed by atoms with Gasteiger partial charge in [-0.25, -0.2) is 0 Å². The molecule has 1 aliphatic rings. The highest BCUT2D eigenvalue weighted by Crippen LogP contribution is 2.38. The van der Waals surface area contributed by atoms with E-state index < -0.39 is 29.6 Å². The van der Waals surface area contributed by atoms with Gasteiger partial charge in [0, 0.05) is 30.1 Å². The Morgan fingerprint density at radius 1 is 1.00 bits per heavy atom. The van der Waals surface area contributed by atoms with Crippen molar-refractivity contribution in [1.29, 1.82) is 0 Å². The molecular formula is C29H27F3N4O2S. The van der Waals surface area contributed by atoms with Crippen molar-refractivity contribution in [3.05, 3.63) is 93.5 Å². The van der Waals surface area contributed by atoms with E-state index in [0.29, 0.717) is 11.1 Å². The second kappa shape index (κ2) is 10.3. The van der Waals surface area contributed by atoms with E-state index >= 15 is 0 Å². The van der Waals surface area contributed by atoms with E-state index in [1.54, 1.807) is 41.2 Å². The number of thiophene rings is 1. The van der Waals surface area contributed by atoms with Crippen LogP contribution in [-0.4, -0.2) is 39.1 Å². The van der Waals surface area contributed by atoms with Crippen molar-refractivity contribution in [2.75, 3.05) is 11.9 Å². The van der Waals surface area contributed by atoms with E-state index in [2.05, 4.69) is 10.4 Å². The lowest BCUT2D eigenvalue weighted by Gasteiger charge is -2.25. The molecule has 0 radical (unpaired) electrons. The Morgan fingerprint density at radius 2 is 1.64 bits per heavy atom. The van der Waals surface area contributed by atoms with Crippen LogP contribution in [0.2, 0.25) is 0 Å². The van der Waals surface area contributed by atoms with Gasteiger partial charge in [-0.3, -0.25) is 19.2 Å². The number of carbonyl (C=O) groups excluding carboxylic acids is 2. The topological polar surface area (TPSA) is 67.2 Å². The van der Waals surface area contributed by atoms with Crippen molar-refractivity contribution in [1.82, 2.24) is 14.7 Å². The molecule has 202 valence electrons. The number of nitrogens with one attached hydrogen (secondary N) is 1. The van der Waals surface area contributed by atoms with Crippen LogP contribution in [0.25, 0.3) is 11.3 Å². The summed E-state index contributed by atoms with van der Waals surface area (Å²) in [5.41, 5.74) is 2.94. The van der Waals surface area contributed by atoms with Crippen LogP contribution in [0.15, 0.2) is 60.8 Å². The van der Waals surface area contributed by atoms with Crippen LogP contribution in [-0.2, 0) is 26.1 Å². The summed E-state index contributed by atoms with van der Waals surface area (Å²) in [6.45, 7) is 3.93. The number of aromatic nitrogens is 2. The zero-order valence-electron chi connectivity index (χ0n) is 21.7. The Kier molecular flexibility index (Phi) is 7.07. The fourth-order valence-corrected chi connectivity index (χ4v) is 6.20. The van der Waals surface area contributed by atoms with Gasteiger partial charge in [-0.1, -0.05) is 37.3 Å². The molecule has 39 heavy (non-hydrogen) atoms. The first-order valence-electron chi connectivity index (χ1n) is 12.6. The molecular weight excluding hydrogens is 525 g/mol. The SMILES string of the molecule is CCc1sc(N[C@@H](Cc2ccccc2C(F)(F)F)CN2C(=O)c3ccccc3C2=O)cc1-c1c(C)cnn1C. The summed E-state index contributed by atoms with van der Waals surface area (Å²) >= 11 is 1.51. The molecule has 0 saturated carbocycles. The van der Waals surface area contributed by atoms with Gasteiger partial charge in [0.15, 0.2) is 0 Å². The van der Waals surface area contributed by atoms with Gasteiger partial charge < -0.3 is 5.32 Å². The van der Waals surface area contributed by atoms with Crippen LogP contribution in [0.1, 0.15) is 49.2 Å². The Balaban J connectivity index is 1.50. The summed E-state index contributed by atoms with van der Waals surface area (Å²) in [5, 5.41) is 8.46. The highest BCUT2D eigenvalue weighted by molar-refractivity contribution is 7.16. The van der Waals surface area contributed by atoms with Gasteiger partial charge in [0.2, 0.25) is 0 Å². The minimum absolute atomic E-state index is 0.0392. The molecule has 2 amide bonds. The number of alkyl halides is 3. The van der Waals surface area contributed by atoms with Crippen molar-refractivity contribution >= 4 is 28.2 Å². The number of hydrogen-bond acceptors (Lipinski definition) is 5. The summed E-state index contributed by atoms with van der Waals surface area (Å²) in [6.07, 6.45) is -2.02. The Labute approximate surface area is 228 Å². The van der Waals surface area contributed by atoms with Gasteiger partial charge in [0.25, 0.3) is 11.8 Å². The summed E-state index contributed by atoms with van der Waals surface area (Å²) in [6, 6.07) is 13.3. The molecule has 0 spiro atoms. The third-order valence-electron chi connectivity index (χ3n) is 6.92. The zero-order chi connectivity index (χ0) is 27.9. The molecule has 1 N–H and O–H groups in total. The number of amides is 2. The first kappa shape index (κ1) is 26.7. The van der Waals surface area contributed by atoms with Gasteiger partial charge in [0.1, 0.15) is 0 Å². The van der Waals surface area contributed by atoms with E-state index in [1.807, 2.05) is 27.0 Å². The lowest BCUT2D eigenvalue weighted by molar-refractivity contribution is -0.138. The van der Waals surface area contributed by atoms with E-state index in [-0.39, 0.29) is 18.5 Å². The number of carbonyl (C=O) groups is 2. The van der Waals surface area contributed by atoms with Crippen LogP contribution < -0.4 is 5.32 Å². The van der Waals surface area contributed by atoms with Crippen molar-refractivity contribution in [3.63, 3.8) is 0 Å². The van der Waals surface area contributed by atoms with E-state index in [4.69, 9.17) is 0 Å². The molecule has 0 aliphatic carbocycles. The molecule has 2 aromatic heterocycles. The molecule has 1 atom stereocenters. The van der Waals surface area contributed by atoms with Crippen molar-refractivity contribution < 1.29 is 22.8 Å². The van der Waals surface area contributed by atoms with Crippen LogP contribution in [0.4, 0.5) is 18.2 Å². The number of rotatable bonds is 8. The molecule has 10 heteroatoms. The van der Waals surface area contributed by atoms with Crippen molar-refractivity contribution in [2.45, 2.75) is 38.9 Å². The monoisotopic (exact) mass is 552 g/mol. The number of anilines is 1. The maximum Gasteiger partial charge on any atom is 0.416 e. The fourth-order valence-electron chi connectivity index (χ4n) is 5.13. The highest BCUT2D eigenvalue weighted by atomic mass is 32.1. The van der Waals surface area contributed by atoms with E-state index in [9.17, 15) is 22.8 Å². The third-order valence-corrected chi connectivity index (χ3v) is 8.13. The number of nitrogens with zero attached hydrogens (tertiary/aromatic N) is 3. The Hall–Kier alpha value is -3.92. The predicted molar refractivity (Wildman–Crippen MR) is 145 cm³/mol. The third kappa shape index (κ3) is 5.08. The molecule has 0 fully saturated rings. The minimum Gasteiger partial charge on any atom is -0.372 e. The smallest absolute Gasteiger partial charge is 0.372 e. The summed E-state index contributed by atoms with van der Waals surface area (Å²) in [7, 11) is 1.87. The Bertz CT molecular complexity index is 1500. The van der Waals surface area contributed by atoms with Gasteiger partial charge in [-0.05, 0) is 55.2 Å². The first-order chi connectivity index (χ1) is 18.6. The van der Waals surface area contributed by atoms with Crippen molar-refractivity contribution in [2.24, 2.45) is 7.05 Å². The lowest BCUT2D eigenvalue weighted by Crippen LogP contribution is -2.41. The second-order valence-corrected chi connectivity index (χ2v) is 10.7. The fraction of sp³-hybridized carbons (Fsp3) is 0.276. The minimum atomic E-state index is -4.53. The van der Waals surface area contributed by atoms with Gasteiger partial charge in [-0.2, -0.15) is 18.3 Å². The molecule has 6 nitrogen and oxygen atoms in total. The number of fused-ring (bicyclic) bond motifs is 1. The van der Waals surface area contributed by atoms with Crippen molar-refractivity contribution in [3.8, 4) is 11.3 Å². The number of hydrogen-bond donors (Lipinski definition) is 1. The normalized spacial score (nSPS) is 14.2. The van der Waals surface area contributed by atoms with Gasteiger partial charge in [-0.15, -0.1) is 11.3 Å². The highest BCUT2D eigenvalue weighted by Gasteiger charge is 2.38. The molecule has 4 aromatic rings. The number of halogens is 3. The van der Waals surface area contributed by atoms with E-state index in [1.165, 1.54) is 23.5 Å². The first-order valence-corrected chi connectivity index (χ1v) is 13.4. The number of benzene rings is 2. The van der Waals surface area contributed by atoms with Gasteiger partial charge >= 0.3 is 6.18 Å². The molecule has 1 aliphatic heterocycles. The van der Waals surface area contributed by atoms with E-state index in [0.717, 1.165) is 44.1 Å². The molecule has 0 bridgehead atoms. The molecule has 2 aromatic carbocycles. The maximum atomic E-state index is 13.8. The number of aryl methyl sites for hydroxylation is 3. The molecule has 0 saturated heterocycles. The molecule has 5 rings (SSSR count). The number of imide groups is 1. The maximum absolute atomic E-state index is 13.8. The largest absolute Gasteiger partial charge is 0.416 e. The average Bonchev–Trinajstić information content (AvgIpc) is 3.53. The second-order valence-electron chi connectivity index (χ2n) is 9.57. The summed E-state index contributed by atoms with van der Waals surface area (Å²) in [4.78, 5) is 28.4. The van der Waals surface area contributed by atoms with Crippen LogP contribution in [0.5, 0.6) is 0 Å². The quantitative estimate of drug-likeness (QED) is 0.259. The molecule has 0 unspecified atom stereocenters. The van der Waals surface area contributed by atoms with Crippen LogP contribution >= 0.6 is 11.3 Å².